The normalized spacial score (nSPS) is 21.2. The average molecular weight is 493 g/mol. The van der Waals surface area contributed by atoms with Gasteiger partial charge in [0.15, 0.2) is 6.61 Å². The fourth-order valence-corrected chi connectivity index (χ4v) is 4.11. The molecule has 1 saturated heterocycles. The average Bonchev–Trinajstić information content (AvgIpc) is 2.87. The number of para-hydroxylation sites is 1. The maximum Gasteiger partial charge on any atom is 0.260 e. The van der Waals surface area contributed by atoms with Crippen molar-refractivity contribution >= 4 is 17.6 Å². The Morgan fingerprint density at radius 2 is 1.97 bits per heavy atom. The summed E-state index contributed by atoms with van der Waals surface area (Å²) in [6.07, 6.45) is 8.71. The SMILES string of the molecule is C=C/C=C\C=C1\C(=NCCCN(C)C)NC(CN2CCN(C(=O)COc3ccccc3)CC2)=NC1C. The number of carbonyl (C=O) groups excluding carboxylic acids is 1. The third kappa shape index (κ3) is 8.77. The van der Waals surface area contributed by atoms with E-state index in [2.05, 4.69) is 48.8 Å². The van der Waals surface area contributed by atoms with Gasteiger partial charge in [0.1, 0.15) is 17.4 Å². The summed E-state index contributed by atoms with van der Waals surface area (Å²) in [6, 6.07) is 9.47. The number of rotatable bonds is 11. The molecule has 1 fully saturated rings. The Balaban J connectivity index is 1.54. The zero-order valence-electron chi connectivity index (χ0n) is 21.9. The molecular formula is C28H40N6O2. The molecule has 0 aliphatic carbocycles. The second-order valence-electron chi connectivity index (χ2n) is 9.27. The third-order valence-electron chi connectivity index (χ3n) is 6.10. The van der Waals surface area contributed by atoms with Gasteiger partial charge in [0, 0.05) is 38.3 Å². The van der Waals surface area contributed by atoms with Crippen LogP contribution >= 0.6 is 0 Å². The minimum absolute atomic E-state index is 0.0151. The van der Waals surface area contributed by atoms with E-state index in [4.69, 9.17) is 14.7 Å². The van der Waals surface area contributed by atoms with E-state index >= 15 is 0 Å². The van der Waals surface area contributed by atoms with E-state index in [0.717, 1.165) is 49.8 Å². The number of hydrogen-bond donors (Lipinski definition) is 1. The van der Waals surface area contributed by atoms with Gasteiger partial charge in [0.25, 0.3) is 5.91 Å². The van der Waals surface area contributed by atoms with E-state index in [1.807, 2.05) is 47.4 Å². The Labute approximate surface area is 215 Å². The molecule has 0 bridgehead atoms. The lowest BCUT2D eigenvalue weighted by Gasteiger charge is -2.35. The molecule has 1 N–H and O–H groups in total. The van der Waals surface area contributed by atoms with Crippen molar-refractivity contribution in [2.45, 2.75) is 19.4 Å². The summed E-state index contributed by atoms with van der Waals surface area (Å²) in [5, 5.41) is 3.48. The molecule has 1 aromatic carbocycles. The van der Waals surface area contributed by atoms with Crippen molar-refractivity contribution in [1.82, 2.24) is 20.0 Å². The second kappa shape index (κ2) is 14.4. The summed E-state index contributed by atoms with van der Waals surface area (Å²) in [7, 11) is 4.15. The number of ether oxygens (including phenoxy) is 1. The second-order valence-corrected chi connectivity index (χ2v) is 9.27. The minimum Gasteiger partial charge on any atom is -0.484 e. The van der Waals surface area contributed by atoms with Crippen LogP contribution in [-0.4, -0.2) is 105 Å². The van der Waals surface area contributed by atoms with Crippen molar-refractivity contribution in [3.8, 4) is 5.75 Å². The van der Waals surface area contributed by atoms with Crippen LogP contribution in [0.5, 0.6) is 5.75 Å². The van der Waals surface area contributed by atoms with E-state index in [1.165, 1.54) is 0 Å². The van der Waals surface area contributed by atoms with Crippen LogP contribution in [0.25, 0.3) is 0 Å². The lowest BCUT2D eigenvalue weighted by Crippen LogP contribution is -2.53. The smallest absolute Gasteiger partial charge is 0.260 e. The van der Waals surface area contributed by atoms with Gasteiger partial charge in [0.2, 0.25) is 0 Å². The lowest BCUT2D eigenvalue weighted by molar-refractivity contribution is -0.135. The van der Waals surface area contributed by atoms with Gasteiger partial charge >= 0.3 is 0 Å². The highest BCUT2D eigenvalue weighted by Gasteiger charge is 2.26. The molecule has 1 atom stereocenters. The first kappa shape index (κ1) is 27.4. The van der Waals surface area contributed by atoms with Gasteiger partial charge in [-0.25, -0.2) is 0 Å². The van der Waals surface area contributed by atoms with Crippen molar-refractivity contribution in [2.75, 3.05) is 66.5 Å². The maximum atomic E-state index is 12.6. The molecule has 1 unspecified atom stereocenters. The first-order valence-electron chi connectivity index (χ1n) is 12.7. The fraction of sp³-hybridized carbons (Fsp3) is 0.464. The molecule has 3 rings (SSSR count). The monoisotopic (exact) mass is 492 g/mol. The van der Waals surface area contributed by atoms with Crippen LogP contribution in [0.3, 0.4) is 0 Å². The molecule has 2 aliphatic rings. The van der Waals surface area contributed by atoms with E-state index < -0.39 is 0 Å². The predicted octanol–water partition coefficient (Wildman–Crippen LogP) is 2.62. The number of amides is 1. The van der Waals surface area contributed by atoms with Crippen molar-refractivity contribution in [1.29, 1.82) is 0 Å². The van der Waals surface area contributed by atoms with Gasteiger partial charge in [-0.05, 0) is 46.1 Å². The quantitative estimate of drug-likeness (QED) is 0.380. The Morgan fingerprint density at radius 3 is 2.67 bits per heavy atom. The fourth-order valence-electron chi connectivity index (χ4n) is 4.11. The number of amidine groups is 2. The van der Waals surface area contributed by atoms with Gasteiger partial charge in [0.05, 0.1) is 12.6 Å². The molecule has 0 radical (unpaired) electrons. The standard InChI is InChI=1S/C28H40N6O2/c1-5-6-8-14-25-23(2)30-26(31-28(25)29-15-11-16-32(3)4)21-33-17-19-34(20-18-33)27(35)22-36-24-12-9-7-10-13-24/h5-10,12-14,23H,1,11,15-22H2,2-4H3,(H,29,30,31)/b8-6-,25-14+. The number of nitrogens with one attached hydrogen (secondary N) is 1. The van der Waals surface area contributed by atoms with Crippen molar-refractivity contribution < 1.29 is 9.53 Å². The summed E-state index contributed by atoms with van der Waals surface area (Å²) < 4.78 is 5.63. The Bertz CT molecular complexity index is 975. The summed E-state index contributed by atoms with van der Waals surface area (Å²) in [5.41, 5.74) is 1.08. The highest BCUT2D eigenvalue weighted by molar-refractivity contribution is 6.12. The Hall–Kier alpha value is -3.23. The maximum absolute atomic E-state index is 12.6. The van der Waals surface area contributed by atoms with Crippen LogP contribution in [0, 0.1) is 0 Å². The number of piperazine rings is 1. The summed E-state index contributed by atoms with van der Waals surface area (Å²) >= 11 is 0. The van der Waals surface area contributed by atoms with Crippen LogP contribution < -0.4 is 10.1 Å². The number of carbonyl (C=O) groups is 1. The first-order valence-corrected chi connectivity index (χ1v) is 12.7. The molecule has 2 heterocycles. The van der Waals surface area contributed by atoms with Gasteiger partial charge in [-0.2, -0.15) is 0 Å². The molecule has 2 aliphatic heterocycles. The van der Waals surface area contributed by atoms with Gasteiger partial charge < -0.3 is 19.9 Å². The van der Waals surface area contributed by atoms with Crippen molar-refractivity contribution in [2.24, 2.45) is 9.98 Å². The molecular weight excluding hydrogens is 452 g/mol. The molecule has 0 aromatic heterocycles. The Kier molecular flexibility index (Phi) is 10.9. The summed E-state index contributed by atoms with van der Waals surface area (Å²) in [4.78, 5) is 28.7. The van der Waals surface area contributed by atoms with Crippen LogP contribution in [0.15, 0.2) is 76.8 Å². The highest BCUT2D eigenvalue weighted by atomic mass is 16.5. The largest absolute Gasteiger partial charge is 0.484 e. The number of benzene rings is 1. The van der Waals surface area contributed by atoms with E-state index in [0.29, 0.717) is 25.4 Å². The van der Waals surface area contributed by atoms with Gasteiger partial charge in [-0.1, -0.05) is 49.1 Å². The van der Waals surface area contributed by atoms with Gasteiger partial charge in [-0.15, -0.1) is 0 Å². The summed E-state index contributed by atoms with van der Waals surface area (Å²) in [5.74, 6) is 2.56. The number of nitrogens with zero attached hydrogens (tertiary/aromatic N) is 5. The number of hydrogen-bond acceptors (Lipinski definition) is 6. The zero-order chi connectivity index (χ0) is 25.8. The van der Waals surface area contributed by atoms with Crippen LogP contribution in [0.4, 0.5) is 0 Å². The molecule has 1 aromatic rings. The number of allylic oxidation sites excluding steroid dienone is 4. The molecule has 1 amide bonds. The van der Waals surface area contributed by atoms with Crippen molar-refractivity contribution in [3.63, 3.8) is 0 Å². The van der Waals surface area contributed by atoms with E-state index in [9.17, 15) is 4.79 Å². The van der Waals surface area contributed by atoms with Crippen LogP contribution in [-0.2, 0) is 4.79 Å². The molecule has 8 nitrogen and oxygen atoms in total. The molecule has 0 saturated carbocycles. The lowest BCUT2D eigenvalue weighted by atomic mass is 10.0. The topological polar surface area (TPSA) is 72.8 Å². The van der Waals surface area contributed by atoms with E-state index in [1.54, 1.807) is 6.08 Å². The highest BCUT2D eigenvalue weighted by Crippen LogP contribution is 2.15. The number of aliphatic imine (C=N–C) groups is 2. The van der Waals surface area contributed by atoms with E-state index in [-0.39, 0.29) is 18.6 Å². The summed E-state index contributed by atoms with van der Waals surface area (Å²) in [6.45, 7) is 11.3. The first-order chi connectivity index (χ1) is 17.5. The third-order valence-corrected chi connectivity index (χ3v) is 6.10. The van der Waals surface area contributed by atoms with Crippen LogP contribution in [0.2, 0.25) is 0 Å². The van der Waals surface area contributed by atoms with Gasteiger partial charge in [-0.3, -0.25) is 19.7 Å². The molecule has 36 heavy (non-hydrogen) atoms. The minimum atomic E-state index is 0.0151. The molecule has 194 valence electrons. The zero-order valence-corrected chi connectivity index (χ0v) is 21.9. The van der Waals surface area contributed by atoms with Crippen molar-refractivity contribution in [3.05, 3.63) is 66.8 Å². The predicted molar refractivity (Wildman–Crippen MR) is 148 cm³/mol. The Morgan fingerprint density at radius 1 is 1.22 bits per heavy atom. The van der Waals surface area contributed by atoms with Crippen LogP contribution in [0.1, 0.15) is 13.3 Å². The molecule has 8 heteroatoms. The molecule has 0 spiro atoms.